The van der Waals surface area contributed by atoms with E-state index in [1.807, 2.05) is 18.2 Å². The molecule has 1 aromatic carbocycles. The van der Waals surface area contributed by atoms with E-state index < -0.39 is 0 Å². The van der Waals surface area contributed by atoms with Crippen molar-refractivity contribution in [3.05, 3.63) is 63.9 Å². The fourth-order valence-electron chi connectivity index (χ4n) is 2.24. The van der Waals surface area contributed by atoms with Crippen LogP contribution in [-0.2, 0) is 16.1 Å². The monoisotopic (exact) mass is 364 g/mol. The van der Waals surface area contributed by atoms with Gasteiger partial charge in [0.1, 0.15) is 12.9 Å². The van der Waals surface area contributed by atoms with Gasteiger partial charge in [0.15, 0.2) is 0 Å². The summed E-state index contributed by atoms with van der Waals surface area (Å²) in [7, 11) is 1.47. The fraction of sp³-hybridized carbons (Fsp3) is 0.278. The van der Waals surface area contributed by atoms with Gasteiger partial charge in [-0.2, -0.15) is 0 Å². The van der Waals surface area contributed by atoms with Crippen molar-refractivity contribution in [1.29, 1.82) is 0 Å². The molecule has 0 atom stereocenters. The zero-order valence-electron chi connectivity index (χ0n) is 13.3. The molecule has 0 unspecified atom stereocenters. The van der Waals surface area contributed by atoms with Gasteiger partial charge in [0.25, 0.3) is 0 Å². The molecule has 0 aliphatic rings. The highest BCUT2D eigenvalue weighted by Crippen LogP contribution is 2.24. The number of carbonyl (C=O) groups is 1. The molecule has 6 heteroatoms. The van der Waals surface area contributed by atoms with E-state index in [0.717, 1.165) is 11.1 Å². The molecule has 1 heterocycles. The van der Waals surface area contributed by atoms with Gasteiger partial charge in [-0.05, 0) is 30.2 Å². The van der Waals surface area contributed by atoms with Crippen LogP contribution in [0.25, 0.3) is 0 Å². The highest BCUT2D eigenvalue weighted by Gasteiger charge is 2.11. The summed E-state index contributed by atoms with van der Waals surface area (Å²) in [6, 6.07) is 9.07. The SMILES string of the molecule is CON=C(CCC(=O)CCc1cccnc1)c1ccc(Cl)c(Cl)c1. The van der Waals surface area contributed by atoms with Crippen molar-refractivity contribution in [2.75, 3.05) is 7.11 Å². The van der Waals surface area contributed by atoms with Gasteiger partial charge in [0, 0.05) is 37.2 Å². The highest BCUT2D eigenvalue weighted by molar-refractivity contribution is 6.42. The Kier molecular flexibility index (Phi) is 7.22. The lowest BCUT2D eigenvalue weighted by Crippen LogP contribution is -2.07. The standard InChI is InChI=1S/C18H18Cl2N2O2/c1-24-22-18(14-5-8-16(19)17(20)11-14)9-7-15(23)6-4-13-3-2-10-21-12-13/h2-3,5,8,10-12H,4,6-7,9H2,1H3. The lowest BCUT2D eigenvalue weighted by molar-refractivity contribution is -0.118. The lowest BCUT2D eigenvalue weighted by Gasteiger charge is -2.07. The molecule has 0 N–H and O–H groups in total. The number of pyridine rings is 1. The minimum atomic E-state index is 0.169. The number of hydrogen-bond acceptors (Lipinski definition) is 4. The van der Waals surface area contributed by atoms with Gasteiger partial charge < -0.3 is 4.84 Å². The molecule has 0 spiro atoms. The molecule has 126 valence electrons. The Morgan fingerprint density at radius 2 is 2.00 bits per heavy atom. The van der Waals surface area contributed by atoms with Crippen LogP contribution in [0, 0.1) is 0 Å². The summed E-state index contributed by atoms with van der Waals surface area (Å²) in [5, 5.41) is 4.93. The first kappa shape index (κ1) is 18.4. The number of rotatable bonds is 8. The van der Waals surface area contributed by atoms with Crippen LogP contribution in [0.3, 0.4) is 0 Å². The molecular formula is C18H18Cl2N2O2. The summed E-state index contributed by atoms with van der Waals surface area (Å²) in [5.74, 6) is 0.169. The number of hydrogen-bond donors (Lipinski definition) is 0. The van der Waals surface area contributed by atoms with Crippen LogP contribution in [0.4, 0.5) is 0 Å². The topological polar surface area (TPSA) is 51.5 Å². The Bertz CT molecular complexity index is 718. The van der Waals surface area contributed by atoms with E-state index in [1.165, 1.54) is 7.11 Å². The molecular weight excluding hydrogens is 347 g/mol. The zero-order valence-corrected chi connectivity index (χ0v) is 14.8. The maximum atomic E-state index is 12.1. The summed E-state index contributed by atoms with van der Waals surface area (Å²) in [6.45, 7) is 0. The predicted octanol–water partition coefficient (Wildman–Crippen LogP) is 4.72. The highest BCUT2D eigenvalue weighted by atomic mass is 35.5. The maximum Gasteiger partial charge on any atom is 0.133 e. The average molecular weight is 365 g/mol. The van der Waals surface area contributed by atoms with Crippen molar-refractivity contribution in [2.45, 2.75) is 25.7 Å². The van der Waals surface area contributed by atoms with Gasteiger partial charge in [0.05, 0.1) is 15.8 Å². The summed E-state index contributed by atoms with van der Waals surface area (Å²) >= 11 is 12.0. The number of Topliss-reactive ketones (excluding diaryl/α,β-unsaturated/α-hetero) is 1. The molecule has 0 aliphatic carbocycles. The molecule has 0 aliphatic heterocycles. The normalized spacial score (nSPS) is 11.4. The van der Waals surface area contributed by atoms with Crippen LogP contribution in [0.5, 0.6) is 0 Å². The quantitative estimate of drug-likeness (QED) is 0.502. The maximum absolute atomic E-state index is 12.1. The second-order valence-corrected chi connectivity index (χ2v) is 6.06. The second kappa shape index (κ2) is 9.40. The van der Waals surface area contributed by atoms with E-state index in [2.05, 4.69) is 10.1 Å². The van der Waals surface area contributed by atoms with E-state index in [4.69, 9.17) is 28.0 Å². The molecule has 0 amide bonds. The van der Waals surface area contributed by atoms with E-state index >= 15 is 0 Å². The van der Waals surface area contributed by atoms with Crippen LogP contribution in [0.2, 0.25) is 10.0 Å². The molecule has 2 rings (SSSR count). The van der Waals surface area contributed by atoms with Gasteiger partial charge in [-0.15, -0.1) is 0 Å². The smallest absolute Gasteiger partial charge is 0.133 e. The van der Waals surface area contributed by atoms with Gasteiger partial charge in [-0.25, -0.2) is 0 Å². The van der Waals surface area contributed by atoms with Gasteiger partial charge in [0.2, 0.25) is 0 Å². The van der Waals surface area contributed by atoms with E-state index in [-0.39, 0.29) is 5.78 Å². The number of aryl methyl sites for hydroxylation is 1. The number of carbonyl (C=O) groups excluding carboxylic acids is 1. The molecule has 24 heavy (non-hydrogen) atoms. The van der Waals surface area contributed by atoms with Gasteiger partial charge in [-0.3, -0.25) is 9.78 Å². The van der Waals surface area contributed by atoms with Crippen LogP contribution < -0.4 is 0 Å². The van der Waals surface area contributed by atoms with Crippen LogP contribution in [-0.4, -0.2) is 23.6 Å². The number of nitrogens with zero attached hydrogens (tertiary/aromatic N) is 2. The van der Waals surface area contributed by atoms with Crippen molar-refractivity contribution in [3.63, 3.8) is 0 Å². The van der Waals surface area contributed by atoms with Crippen molar-refractivity contribution >= 4 is 34.7 Å². The number of aromatic nitrogens is 1. The first-order chi connectivity index (χ1) is 11.6. The van der Waals surface area contributed by atoms with E-state index in [9.17, 15) is 4.79 Å². The molecule has 0 bridgehead atoms. The van der Waals surface area contributed by atoms with Crippen molar-refractivity contribution in [3.8, 4) is 0 Å². The third-order valence-corrected chi connectivity index (χ3v) is 4.25. The molecule has 0 saturated heterocycles. The van der Waals surface area contributed by atoms with Crippen molar-refractivity contribution in [1.82, 2.24) is 4.98 Å². The minimum Gasteiger partial charge on any atom is -0.399 e. The average Bonchev–Trinajstić information content (AvgIpc) is 2.60. The number of oxime groups is 1. The molecule has 0 fully saturated rings. The minimum absolute atomic E-state index is 0.169. The lowest BCUT2D eigenvalue weighted by atomic mass is 10.0. The van der Waals surface area contributed by atoms with Crippen LogP contribution in [0.1, 0.15) is 30.4 Å². The Labute approximate surface area is 151 Å². The molecule has 1 aromatic heterocycles. The summed E-state index contributed by atoms with van der Waals surface area (Å²) < 4.78 is 0. The van der Waals surface area contributed by atoms with Gasteiger partial charge in [-0.1, -0.05) is 40.5 Å². The molecule has 0 saturated carbocycles. The third-order valence-electron chi connectivity index (χ3n) is 3.51. The number of ketones is 1. The first-order valence-corrected chi connectivity index (χ1v) is 8.32. The zero-order chi connectivity index (χ0) is 17.4. The predicted molar refractivity (Wildman–Crippen MR) is 96.8 cm³/mol. The number of halogens is 2. The summed E-state index contributed by atoms with van der Waals surface area (Å²) in [4.78, 5) is 21.0. The van der Waals surface area contributed by atoms with Crippen LogP contribution >= 0.6 is 23.2 Å². The molecule has 4 nitrogen and oxygen atoms in total. The van der Waals surface area contributed by atoms with Crippen LogP contribution in [0.15, 0.2) is 47.9 Å². The largest absolute Gasteiger partial charge is 0.399 e. The summed E-state index contributed by atoms with van der Waals surface area (Å²) in [6.07, 6.45) is 5.54. The Hall–Kier alpha value is -1.91. The van der Waals surface area contributed by atoms with E-state index in [0.29, 0.717) is 41.4 Å². The first-order valence-electron chi connectivity index (χ1n) is 7.56. The van der Waals surface area contributed by atoms with Crippen molar-refractivity contribution < 1.29 is 9.63 Å². The molecule has 2 aromatic rings. The number of benzene rings is 1. The van der Waals surface area contributed by atoms with Crippen molar-refractivity contribution in [2.24, 2.45) is 5.16 Å². The fourth-order valence-corrected chi connectivity index (χ4v) is 2.54. The Morgan fingerprint density at radius 3 is 2.67 bits per heavy atom. The Balaban J connectivity index is 1.92. The second-order valence-electron chi connectivity index (χ2n) is 5.25. The van der Waals surface area contributed by atoms with Gasteiger partial charge >= 0.3 is 0 Å². The Morgan fingerprint density at radius 1 is 1.17 bits per heavy atom. The summed E-state index contributed by atoms with van der Waals surface area (Å²) in [5.41, 5.74) is 2.53. The van der Waals surface area contributed by atoms with E-state index in [1.54, 1.807) is 24.5 Å². The molecule has 0 radical (unpaired) electrons. The third kappa shape index (κ3) is 5.62.